The quantitative estimate of drug-likeness (QED) is 0.0856. The van der Waals surface area contributed by atoms with Gasteiger partial charge in [-0.25, -0.2) is 24.0 Å². The Bertz CT molecular complexity index is 976. The van der Waals surface area contributed by atoms with Crippen LogP contribution < -0.4 is 0 Å². The van der Waals surface area contributed by atoms with Crippen molar-refractivity contribution in [1.82, 2.24) is 0 Å². The van der Waals surface area contributed by atoms with E-state index in [0.29, 0.717) is 18.2 Å². The summed E-state index contributed by atoms with van der Waals surface area (Å²) in [5, 5.41) is 8.78. The summed E-state index contributed by atoms with van der Waals surface area (Å²) in [5.74, 6) is -10.6. The zero-order chi connectivity index (χ0) is 31.5. The number of carbonyl (C=O) groups excluding carboxylic acids is 6. The molecule has 0 heterocycles. The van der Waals surface area contributed by atoms with Crippen LogP contribution in [0, 0.1) is 5.41 Å². The summed E-state index contributed by atoms with van der Waals surface area (Å²) in [6.45, 7) is 12.4. The van der Waals surface area contributed by atoms with Gasteiger partial charge in [-0.1, -0.05) is 32.9 Å². The first-order chi connectivity index (χ1) is 19.3. The molecule has 0 aromatic carbocycles. The summed E-state index contributed by atoms with van der Waals surface area (Å²) in [6.07, 6.45) is 2.50. The van der Waals surface area contributed by atoms with Crippen molar-refractivity contribution < 1.29 is 71.8 Å². The summed E-state index contributed by atoms with van der Waals surface area (Å²) < 4.78 is 35.5. The van der Waals surface area contributed by atoms with Gasteiger partial charge < -0.3 is 38.3 Å². The fraction of sp³-hybridized carbons (Fsp3) is 0.346. The smallest absolute Gasteiger partial charge is 0.449 e. The Morgan fingerprint density at radius 1 is 0.537 bits per heavy atom. The molecule has 0 rings (SSSR count). The second-order valence-electron chi connectivity index (χ2n) is 7.73. The molecule has 0 radical (unpaired) electrons. The molecule has 0 aliphatic heterocycles. The third kappa shape index (κ3) is 14.6. The largest absolute Gasteiger partial charge is 0.481 e. The van der Waals surface area contributed by atoms with Crippen LogP contribution in [-0.4, -0.2) is 85.9 Å². The van der Waals surface area contributed by atoms with Crippen LogP contribution in [-0.2, 0) is 66.7 Å². The standard InChI is InChI=1S/C26H30O15/c1-6-19(29)36-14-25(15-37-20(30)7-2,16-38-24(34)12-11-18(27)28)13-35-17-26(39-21(31)8-3,40-22(32)9-4)41-23(33)10-5/h6-10H,1-5,11-17H2,(H,27,28). The molecule has 0 aromatic rings. The average Bonchev–Trinajstić information content (AvgIpc) is 2.95. The highest BCUT2D eigenvalue weighted by atomic mass is 16.9. The van der Waals surface area contributed by atoms with Crippen LogP contribution in [0.25, 0.3) is 0 Å². The van der Waals surface area contributed by atoms with Crippen molar-refractivity contribution in [2.45, 2.75) is 18.8 Å². The molecule has 0 aliphatic rings. The second kappa shape index (κ2) is 18.3. The SMILES string of the molecule is C=CC(=O)OCC(COCC(OC(=O)C=C)(OC(=O)C=C)OC(=O)C=C)(COC(=O)C=C)COC(=O)CCC(=O)O. The van der Waals surface area contributed by atoms with Crippen LogP contribution in [0.2, 0.25) is 0 Å². The molecular weight excluding hydrogens is 552 g/mol. The molecule has 0 atom stereocenters. The number of carbonyl (C=O) groups is 7. The summed E-state index contributed by atoms with van der Waals surface area (Å²) in [5.41, 5.74) is -1.71. The fourth-order valence-electron chi connectivity index (χ4n) is 2.46. The molecule has 0 saturated carbocycles. The van der Waals surface area contributed by atoms with Gasteiger partial charge in [-0.15, -0.1) is 0 Å². The van der Waals surface area contributed by atoms with Gasteiger partial charge in [0, 0.05) is 30.4 Å². The van der Waals surface area contributed by atoms with Gasteiger partial charge in [0.15, 0.2) is 6.61 Å². The van der Waals surface area contributed by atoms with E-state index in [1.165, 1.54) is 0 Å². The van der Waals surface area contributed by atoms with Crippen molar-refractivity contribution in [3.8, 4) is 0 Å². The molecule has 0 unspecified atom stereocenters. The number of carboxylic acids is 1. The Labute approximate surface area is 234 Å². The van der Waals surface area contributed by atoms with Crippen LogP contribution in [0.15, 0.2) is 63.3 Å². The molecule has 0 bridgehead atoms. The summed E-state index contributed by atoms with van der Waals surface area (Å²) in [7, 11) is 0. The predicted octanol–water partition coefficient (Wildman–Crippen LogP) is 0.697. The molecule has 0 saturated heterocycles. The lowest BCUT2D eigenvalue weighted by Crippen LogP contribution is -2.50. The maximum Gasteiger partial charge on any atom is 0.449 e. The van der Waals surface area contributed by atoms with E-state index in [1.54, 1.807) is 0 Å². The number of hydrogen-bond acceptors (Lipinski definition) is 14. The molecule has 15 nitrogen and oxygen atoms in total. The van der Waals surface area contributed by atoms with Crippen LogP contribution in [0.5, 0.6) is 0 Å². The first kappa shape index (κ1) is 35.9. The normalized spacial score (nSPS) is 10.5. The summed E-state index contributed by atoms with van der Waals surface area (Å²) >= 11 is 0. The maximum atomic E-state index is 12.1. The number of aliphatic carboxylic acids is 1. The van der Waals surface area contributed by atoms with E-state index in [-0.39, 0.29) is 0 Å². The monoisotopic (exact) mass is 582 g/mol. The highest BCUT2D eigenvalue weighted by molar-refractivity contribution is 5.85. The van der Waals surface area contributed by atoms with Crippen molar-refractivity contribution in [1.29, 1.82) is 0 Å². The average molecular weight is 583 g/mol. The minimum atomic E-state index is -2.86. The number of hydrogen-bond donors (Lipinski definition) is 1. The number of carboxylic acid groups (broad SMARTS) is 1. The Kier molecular flexibility index (Phi) is 16.0. The Balaban J connectivity index is 6.32. The van der Waals surface area contributed by atoms with E-state index >= 15 is 0 Å². The van der Waals surface area contributed by atoms with E-state index in [0.717, 1.165) is 12.2 Å². The Hall–Kier alpha value is -5.05. The first-order valence-electron chi connectivity index (χ1n) is 11.4. The third-order valence-corrected chi connectivity index (χ3v) is 4.41. The van der Waals surface area contributed by atoms with Crippen molar-refractivity contribution >= 4 is 41.8 Å². The minimum Gasteiger partial charge on any atom is -0.481 e. The van der Waals surface area contributed by atoms with Gasteiger partial charge in [0.25, 0.3) is 0 Å². The van der Waals surface area contributed by atoms with Crippen molar-refractivity contribution in [2.75, 3.05) is 33.0 Å². The van der Waals surface area contributed by atoms with E-state index in [2.05, 4.69) is 32.9 Å². The lowest BCUT2D eigenvalue weighted by molar-refractivity contribution is -0.342. The molecule has 0 amide bonds. The fourth-order valence-corrected chi connectivity index (χ4v) is 2.46. The van der Waals surface area contributed by atoms with Crippen LogP contribution >= 0.6 is 0 Å². The van der Waals surface area contributed by atoms with E-state index in [1.807, 2.05) is 0 Å². The highest BCUT2D eigenvalue weighted by Crippen LogP contribution is 2.25. The van der Waals surface area contributed by atoms with Gasteiger partial charge in [0.05, 0.1) is 24.9 Å². The molecule has 0 aromatic heterocycles. The van der Waals surface area contributed by atoms with Gasteiger partial charge in [-0.3, -0.25) is 9.59 Å². The third-order valence-electron chi connectivity index (χ3n) is 4.41. The number of ether oxygens (including phenoxy) is 7. The van der Waals surface area contributed by atoms with Crippen molar-refractivity contribution in [2.24, 2.45) is 5.41 Å². The van der Waals surface area contributed by atoms with E-state index in [4.69, 9.17) is 38.3 Å². The van der Waals surface area contributed by atoms with Crippen LogP contribution in [0.4, 0.5) is 0 Å². The van der Waals surface area contributed by atoms with Gasteiger partial charge in [0.2, 0.25) is 0 Å². The molecule has 0 aliphatic carbocycles. The van der Waals surface area contributed by atoms with Gasteiger partial charge in [-0.05, 0) is 0 Å². The lowest BCUT2D eigenvalue weighted by atomic mass is 9.92. The Morgan fingerprint density at radius 2 is 0.927 bits per heavy atom. The zero-order valence-corrected chi connectivity index (χ0v) is 22.0. The maximum absolute atomic E-state index is 12.1. The summed E-state index contributed by atoms with van der Waals surface area (Å²) in [6, 6.07) is 0. The number of esters is 6. The van der Waals surface area contributed by atoms with Crippen molar-refractivity contribution in [3.63, 3.8) is 0 Å². The molecule has 41 heavy (non-hydrogen) atoms. The van der Waals surface area contributed by atoms with Gasteiger partial charge >= 0.3 is 47.8 Å². The molecule has 15 heteroatoms. The molecule has 1 N–H and O–H groups in total. The Morgan fingerprint density at radius 3 is 1.29 bits per heavy atom. The molecule has 0 fully saturated rings. The van der Waals surface area contributed by atoms with E-state index < -0.39 is 99.0 Å². The highest BCUT2D eigenvalue weighted by Gasteiger charge is 2.45. The van der Waals surface area contributed by atoms with Crippen LogP contribution in [0.1, 0.15) is 12.8 Å². The lowest BCUT2D eigenvalue weighted by Gasteiger charge is -2.34. The van der Waals surface area contributed by atoms with Crippen molar-refractivity contribution in [3.05, 3.63) is 63.3 Å². The predicted molar refractivity (Wildman–Crippen MR) is 135 cm³/mol. The summed E-state index contributed by atoms with van der Waals surface area (Å²) in [4.78, 5) is 82.4. The molecular formula is C26H30O15. The number of rotatable bonds is 21. The second-order valence-corrected chi connectivity index (χ2v) is 7.73. The molecule has 0 spiro atoms. The topological polar surface area (TPSA) is 204 Å². The zero-order valence-electron chi connectivity index (χ0n) is 22.0. The van der Waals surface area contributed by atoms with Crippen LogP contribution in [0.3, 0.4) is 0 Å². The first-order valence-corrected chi connectivity index (χ1v) is 11.4. The van der Waals surface area contributed by atoms with E-state index in [9.17, 15) is 33.6 Å². The minimum absolute atomic E-state index is 0.527. The van der Waals surface area contributed by atoms with Gasteiger partial charge in [0.1, 0.15) is 19.8 Å². The molecule has 224 valence electrons. The van der Waals surface area contributed by atoms with Gasteiger partial charge in [-0.2, -0.15) is 0 Å².